The molecule has 2 aromatic heterocycles. The van der Waals surface area contributed by atoms with Crippen LogP contribution in [0.25, 0.3) is 22.2 Å². The molecule has 5 nitrogen and oxygen atoms in total. The average Bonchev–Trinajstić information content (AvgIpc) is 3.33. The largest absolute Gasteiger partial charge is 0.492 e. The lowest BCUT2D eigenvalue weighted by atomic mass is 10.1. The molecule has 134 valence electrons. The molecule has 0 fully saturated rings. The number of rotatable bonds is 6. The molecule has 0 saturated heterocycles. The van der Waals surface area contributed by atoms with Gasteiger partial charge >= 0.3 is 0 Å². The molecule has 0 bridgehead atoms. The molecule has 0 radical (unpaired) electrons. The van der Waals surface area contributed by atoms with Crippen molar-refractivity contribution in [3.8, 4) is 23.1 Å². The Kier molecular flexibility index (Phi) is 4.63. The Morgan fingerprint density at radius 2 is 2.00 bits per heavy atom. The lowest BCUT2D eigenvalue weighted by Gasteiger charge is -2.10. The molecule has 4 rings (SSSR count). The number of hydrogen-bond donors (Lipinski definition) is 0. The number of imidazole rings is 1. The molecule has 0 aliphatic carbocycles. The topological polar surface area (TPSA) is 55.8 Å². The van der Waals surface area contributed by atoms with Gasteiger partial charge in [-0.15, -0.1) is 0 Å². The van der Waals surface area contributed by atoms with E-state index in [1.54, 1.807) is 12.5 Å². The van der Waals surface area contributed by atoms with E-state index in [2.05, 4.69) is 22.5 Å². The van der Waals surface area contributed by atoms with Crippen LogP contribution in [0.5, 0.6) is 5.75 Å². The molecule has 2 aromatic carbocycles. The Morgan fingerprint density at radius 1 is 1.15 bits per heavy atom. The quantitative estimate of drug-likeness (QED) is 0.512. The van der Waals surface area contributed by atoms with Crippen LogP contribution in [0.15, 0.2) is 67.3 Å². The highest BCUT2D eigenvalue weighted by Crippen LogP contribution is 2.35. The molecule has 0 saturated carbocycles. The minimum absolute atomic E-state index is 0.561. The summed E-state index contributed by atoms with van der Waals surface area (Å²) in [6.45, 7) is 4.18. The van der Waals surface area contributed by atoms with Gasteiger partial charge in [-0.2, -0.15) is 5.26 Å². The molecule has 4 aromatic rings. The number of benzene rings is 2. The maximum atomic E-state index is 9.80. The van der Waals surface area contributed by atoms with Crippen molar-refractivity contribution in [1.82, 2.24) is 14.1 Å². The zero-order valence-electron chi connectivity index (χ0n) is 15.2. The zero-order valence-corrected chi connectivity index (χ0v) is 15.2. The fourth-order valence-corrected chi connectivity index (χ4v) is 3.44. The van der Waals surface area contributed by atoms with Crippen molar-refractivity contribution >= 4 is 10.9 Å². The van der Waals surface area contributed by atoms with Crippen LogP contribution in [-0.4, -0.2) is 20.7 Å². The first-order chi connectivity index (χ1) is 13.3. The first-order valence-electron chi connectivity index (χ1n) is 9.02. The molecule has 0 atom stereocenters. The number of aromatic nitrogens is 3. The van der Waals surface area contributed by atoms with E-state index in [1.807, 2.05) is 59.3 Å². The van der Waals surface area contributed by atoms with Crippen molar-refractivity contribution in [3.05, 3.63) is 72.8 Å². The third-order valence-electron chi connectivity index (χ3n) is 4.69. The Hall–Kier alpha value is -3.52. The van der Waals surface area contributed by atoms with Crippen LogP contribution in [0.4, 0.5) is 0 Å². The Labute approximate surface area is 158 Å². The third kappa shape index (κ3) is 3.18. The molecule has 0 unspecified atom stereocenters. The van der Waals surface area contributed by atoms with Crippen molar-refractivity contribution in [2.75, 3.05) is 6.61 Å². The molecule has 0 N–H and O–H groups in total. The van der Waals surface area contributed by atoms with Crippen molar-refractivity contribution in [2.24, 2.45) is 0 Å². The van der Waals surface area contributed by atoms with Gasteiger partial charge in [0.05, 0.1) is 29.6 Å². The predicted molar refractivity (Wildman–Crippen MR) is 105 cm³/mol. The van der Waals surface area contributed by atoms with E-state index < -0.39 is 0 Å². The van der Waals surface area contributed by atoms with Gasteiger partial charge in [0.1, 0.15) is 18.4 Å². The van der Waals surface area contributed by atoms with Crippen LogP contribution in [-0.2, 0) is 13.1 Å². The van der Waals surface area contributed by atoms with Gasteiger partial charge in [-0.25, -0.2) is 4.98 Å². The molecule has 0 aliphatic rings. The van der Waals surface area contributed by atoms with Crippen LogP contribution in [0.2, 0.25) is 0 Å². The molecule has 0 aliphatic heterocycles. The smallest absolute Gasteiger partial charge is 0.121 e. The standard InChI is InChI=1S/C22H20N4O/c1-2-26-21-14-18(27-13-12-25-11-10-24-16-25)8-9-19(21)20(15-23)22(26)17-6-4-3-5-7-17/h3-11,14,16H,2,12-13H2,1H3. The number of fused-ring (bicyclic) bond motifs is 1. The zero-order chi connectivity index (χ0) is 18.6. The summed E-state index contributed by atoms with van der Waals surface area (Å²) in [5.74, 6) is 0.805. The first kappa shape index (κ1) is 16.9. The minimum atomic E-state index is 0.561. The van der Waals surface area contributed by atoms with E-state index in [9.17, 15) is 5.26 Å². The second-order valence-electron chi connectivity index (χ2n) is 6.27. The molecule has 27 heavy (non-hydrogen) atoms. The summed E-state index contributed by atoms with van der Waals surface area (Å²) in [6.07, 6.45) is 5.45. The lowest BCUT2D eigenvalue weighted by molar-refractivity contribution is 0.298. The average molecular weight is 356 g/mol. The summed E-state index contributed by atoms with van der Waals surface area (Å²) in [5, 5.41) is 10.8. The van der Waals surface area contributed by atoms with Crippen molar-refractivity contribution in [2.45, 2.75) is 20.0 Å². The molecule has 5 heteroatoms. The maximum absolute atomic E-state index is 9.80. The van der Waals surface area contributed by atoms with Crippen LogP contribution in [0.1, 0.15) is 12.5 Å². The number of ether oxygens (including phenoxy) is 1. The summed E-state index contributed by atoms with van der Waals surface area (Å²) in [7, 11) is 0. The van der Waals surface area contributed by atoms with Gasteiger partial charge in [0.15, 0.2) is 0 Å². The van der Waals surface area contributed by atoms with Crippen LogP contribution >= 0.6 is 0 Å². The highest BCUT2D eigenvalue weighted by Gasteiger charge is 2.18. The van der Waals surface area contributed by atoms with E-state index in [4.69, 9.17) is 4.74 Å². The normalized spacial score (nSPS) is 10.8. The van der Waals surface area contributed by atoms with Gasteiger partial charge in [-0.1, -0.05) is 30.3 Å². The highest BCUT2D eigenvalue weighted by atomic mass is 16.5. The van der Waals surface area contributed by atoms with E-state index >= 15 is 0 Å². The molecule has 0 spiro atoms. The molecule has 2 heterocycles. The fourth-order valence-electron chi connectivity index (χ4n) is 3.44. The summed E-state index contributed by atoms with van der Waals surface area (Å²) < 4.78 is 10.1. The number of nitriles is 1. The van der Waals surface area contributed by atoms with Gasteiger partial charge in [0.25, 0.3) is 0 Å². The predicted octanol–water partition coefficient (Wildman–Crippen LogP) is 4.48. The van der Waals surface area contributed by atoms with Gasteiger partial charge in [-0.3, -0.25) is 0 Å². The Morgan fingerprint density at radius 3 is 2.70 bits per heavy atom. The van der Waals surface area contributed by atoms with Gasteiger partial charge in [0, 0.05) is 30.4 Å². The molecular formula is C22H20N4O. The summed E-state index contributed by atoms with van der Waals surface area (Å²) >= 11 is 0. The highest BCUT2D eigenvalue weighted by molar-refractivity contribution is 5.95. The summed E-state index contributed by atoms with van der Waals surface area (Å²) in [5.41, 5.74) is 3.75. The number of nitrogens with zero attached hydrogens (tertiary/aromatic N) is 4. The minimum Gasteiger partial charge on any atom is -0.492 e. The first-order valence-corrected chi connectivity index (χ1v) is 9.02. The number of aryl methyl sites for hydroxylation is 1. The lowest BCUT2D eigenvalue weighted by Crippen LogP contribution is -2.06. The van der Waals surface area contributed by atoms with Crippen LogP contribution < -0.4 is 4.74 Å². The van der Waals surface area contributed by atoms with E-state index in [-0.39, 0.29) is 0 Å². The van der Waals surface area contributed by atoms with Crippen molar-refractivity contribution < 1.29 is 4.74 Å². The summed E-state index contributed by atoms with van der Waals surface area (Å²) in [4.78, 5) is 4.04. The van der Waals surface area contributed by atoms with E-state index in [0.29, 0.717) is 12.2 Å². The fraction of sp³-hybridized carbons (Fsp3) is 0.182. The monoisotopic (exact) mass is 356 g/mol. The van der Waals surface area contributed by atoms with Crippen LogP contribution in [0.3, 0.4) is 0 Å². The molecular weight excluding hydrogens is 336 g/mol. The molecule has 0 amide bonds. The third-order valence-corrected chi connectivity index (χ3v) is 4.69. The summed E-state index contributed by atoms with van der Waals surface area (Å²) in [6, 6.07) is 18.4. The second kappa shape index (κ2) is 7.38. The van der Waals surface area contributed by atoms with Crippen molar-refractivity contribution in [3.63, 3.8) is 0 Å². The van der Waals surface area contributed by atoms with E-state index in [1.165, 1.54) is 0 Å². The maximum Gasteiger partial charge on any atom is 0.121 e. The second-order valence-corrected chi connectivity index (χ2v) is 6.27. The van der Waals surface area contributed by atoms with Crippen molar-refractivity contribution in [1.29, 1.82) is 5.26 Å². The van der Waals surface area contributed by atoms with Gasteiger partial charge in [-0.05, 0) is 24.6 Å². The Bertz CT molecular complexity index is 1090. The Balaban J connectivity index is 1.71. The number of hydrogen-bond acceptors (Lipinski definition) is 3. The van der Waals surface area contributed by atoms with Gasteiger partial charge < -0.3 is 13.9 Å². The van der Waals surface area contributed by atoms with Crippen LogP contribution in [0, 0.1) is 11.3 Å². The van der Waals surface area contributed by atoms with E-state index in [0.717, 1.165) is 41.0 Å². The SMILES string of the molecule is CCn1c(-c2ccccc2)c(C#N)c2ccc(OCCn3ccnc3)cc21. The van der Waals surface area contributed by atoms with Gasteiger partial charge in [0.2, 0.25) is 0 Å².